The van der Waals surface area contributed by atoms with Gasteiger partial charge in [0.2, 0.25) is 5.91 Å². The summed E-state index contributed by atoms with van der Waals surface area (Å²) >= 11 is 0. The Morgan fingerprint density at radius 3 is 2.62 bits per heavy atom. The van der Waals surface area contributed by atoms with Gasteiger partial charge in [0, 0.05) is 25.7 Å². The van der Waals surface area contributed by atoms with Crippen molar-refractivity contribution in [3.05, 3.63) is 0 Å². The van der Waals surface area contributed by atoms with E-state index in [0.717, 1.165) is 19.4 Å². The number of carbonyl (C=O) groups excluding carboxylic acids is 1. The maximum Gasteiger partial charge on any atom is 0.236 e. The van der Waals surface area contributed by atoms with Crippen LogP contribution in [0, 0.1) is 0 Å². The van der Waals surface area contributed by atoms with Crippen LogP contribution in [0.4, 0.5) is 0 Å². The fraction of sp³-hybridized carbons (Fsp3) is 0.917. The Balaban J connectivity index is 1.63. The molecule has 0 unspecified atom stereocenters. The van der Waals surface area contributed by atoms with Crippen LogP contribution < -0.4 is 5.32 Å². The lowest BCUT2D eigenvalue weighted by atomic mass is 9.89. The lowest BCUT2D eigenvalue weighted by Gasteiger charge is -2.35. The van der Waals surface area contributed by atoms with Gasteiger partial charge in [-0.1, -0.05) is 0 Å². The van der Waals surface area contributed by atoms with Crippen LogP contribution in [-0.4, -0.2) is 49.2 Å². The van der Waals surface area contributed by atoms with E-state index < -0.39 is 0 Å². The molecule has 0 aromatic carbocycles. The molecule has 0 radical (unpaired) electrons. The van der Waals surface area contributed by atoms with Gasteiger partial charge in [-0.05, 0) is 32.6 Å². The number of hydrogen-bond donors (Lipinski definition) is 1. The molecule has 2 rings (SSSR count). The molecule has 0 atom stereocenters. The number of carbonyl (C=O) groups is 1. The second-order valence-corrected chi connectivity index (χ2v) is 4.82. The molecule has 2 aliphatic rings. The molecule has 2 fully saturated rings. The third-order valence-electron chi connectivity index (χ3n) is 3.62. The smallest absolute Gasteiger partial charge is 0.236 e. The van der Waals surface area contributed by atoms with Crippen LogP contribution in [0.1, 0.15) is 32.6 Å². The maximum atomic E-state index is 11.9. The van der Waals surface area contributed by atoms with E-state index in [-0.39, 0.29) is 5.91 Å². The molecule has 4 heteroatoms. The SMILES string of the molecule is CCN(C(=O)CNC1CC(OC)C1)C1CC1. The predicted molar refractivity (Wildman–Crippen MR) is 62.2 cm³/mol. The third-order valence-corrected chi connectivity index (χ3v) is 3.62. The van der Waals surface area contributed by atoms with Gasteiger partial charge in [-0.3, -0.25) is 4.79 Å². The van der Waals surface area contributed by atoms with E-state index >= 15 is 0 Å². The van der Waals surface area contributed by atoms with Crippen molar-refractivity contribution in [3.63, 3.8) is 0 Å². The molecule has 1 N–H and O–H groups in total. The predicted octanol–water partition coefficient (Wildman–Crippen LogP) is 0.764. The summed E-state index contributed by atoms with van der Waals surface area (Å²) in [6, 6.07) is 1.01. The zero-order valence-corrected chi connectivity index (χ0v) is 10.2. The van der Waals surface area contributed by atoms with Crippen molar-refractivity contribution in [1.82, 2.24) is 10.2 Å². The van der Waals surface area contributed by atoms with Gasteiger partial charge in [-0.25, -0.2) is 0 Å². The van der Waals surface area contributed by atoms with E-state index in [9.17, 15) is 4.79 Å². The third kappa shape index (κ3) is 2.74. The summed E-state index contributed by atoms with van der Waals surface area (Å²) in [7, 11) is 1.75. The molecule has 0 spiro atoms. The standard InChI is InChI=1S/C12H22N2O2/c1-3-14(10-4-5-10)12(15)8-13-9-6-11(7-9)16-2/h9-11,13H,3-8H2,1-2H3. The van der Waals surface area contributed by atoms with Gasteiger partial charge in [0.05, 0.1) is 12.6 Å². The second-order valence-electron chi connectivity index (χ2n) is 4.82. The molecular weight excluding hydrogens is 204 g/mol. The first kappa shape index (κ1) is 11.9. The first-order valence-corrected chi connectivity index (χ1v) is 6.30. The van der Waals surface area contributed by atoms with E-state index in [1.165, 1.54) is 12.8 Å². The minimum atomic E-state index is 0.255. The Kier molecular flexibility index (Phi) is 3.82. The average Bonchev–Trinajstić information content (AvgIpc) is 3.01. The molecular formula is C12H22N2O2. The maximum absolute atomic E-state index is 11.9. The number of amides is 1. The Hall–Kier alpha value is -0.610. The lowest BCUT2D eigenvalue weighted by molar-refractivity contribution is -0.131. The summed E-state index contributed by atoms with van der Waals surface area (Å²) in [4.78, 5) is 13.9. The van der Waals surface area contributed by atoms with E-state index in [1.807, 2.05) is 4.90 Å². The molecule has 4 nitrogen and oxygen atoms in total. The largest absolute Gasteiger partial charge is 0.381 e. The molecule has 2 saturated carbocycles. The van der Waals surface area contributed by atoms with E-state index in [2.05, 4.69) is 12.2 Å². The van der Waals surface area contributed by atoms with E-state index in [1.54, 1.807) is 7.11 Å². The summed E-state index contributed by atoms with van der Waals surface area (Å²) in [5.41, 5.74) is 0. The Morgan fingerprint density at radius 2 is 2.12 bits per heavy atom. The Labute approximate surface area is 97.3 Å². The normalized spacial score (nSPS) is 28.6. The summed E-state index contributed by atoms with van der Waals surface area (Å²) in [6.45, 7) is 3.39. The zero-order chi connectivity index (χ0) is 11.5. The summed E-state index contributed by atoms with van der Waals surface area (Å²) in [5.74, 6) is 0.255. The highest BCUT2D eigenvalue weighted by Crippen LogP contribution is 2.26. The first-order valence-electron chi connectivity index (χ1n) is 6.30. The number of ether oxygens (including phenoxy) is 1. The van der Waals surface area contributed by atoms with E-state index in [4.69, 9.17) is 4.74 Å². The number of rotatable bonds is 6. The number of hydrogen-bond acceptors (Lipinski definition) is 3. The number of nitrogens with one attached hydrogen (secondary N) is 1. The summed E-state index contributed by atoms with van der Waals surface area (Å²) < 4.78 is 5.20. The van der Waals surface area contributed by atoms with Crippen LogP contribution >= 0.6 is 0 Å². The fourth-order valence-corrected chi connectivity index (χ4v) is 2.28. The van der Waals surface area contributed by atoms with Crippen LogP contribution in [0.3, 0.4) is 0 Å². The van der Waals surface area contributed by atoms with Gasteiger partial charge in [0.25, 0.3) is 0 Å². The van der Waals surface area contributed by atoms with Crippen molar-refractivity contribution < 1.29 is 9.53 Å². The van der Waals surface area contributed by atoms with Crippen molar-refractivity contribution in [3.8, 4) is 0 Å². The average molecular weight is 226 g/mol. The van der Waals surface area contributed by atoms with Gasteiger partial charge in [-0.2, -0.15) is 0 Å². The Morgan fingerprint density at radius 1 is 1.44 bits per heavy atom. The van der Waals surface area contributed by atoms with E-state index in [0.29, 0.717) is 24.7 Å². The van der Waals surface area contributed by atoms with Gasteiger partial charge >= 0.3 is 0 Å². The minimum Gasteiger partial charge on any atom is -0.381 e. The number of likely N-dealkylation sites (N-methyl/N-ethyl adjacent to an activating group) is 1. The number of nitrogens with zero attached hydrogens (tertiary/aromatic N) is 1. The van der Waals surface area contributed by atoms with Crippen molar-refractivity contribution in [2.45, 2.75) is 50.8 Å². The second kappa shape index (κ2) is 5.15. The van der Waals surface area contributed by atoms with Crippen molar-refractivity contribution >= 4 is 5.91 Å². The minimum absolute atomic E-state index is 0.255. The highest BCUT2D eigenvalue weighted by Gasteiger charge is 2.33. The van der Waals surface area contributed by atoms with Crippen molar-refractivity contribution in [2.75, 3.05) is 20.2 Å². The first-order chi connectivity index (χ1) is 7.74. The molecule has 0 heterocycles. The molecule has 1 amide bonds. The highest BCUT2D eigenvalue weighted by atomic mass is 16.5. The monoisotopic (exact) mass is 226 g/mol. The van der Waals surface area contributed by atoms with Crippen LogP contribution in [0.2, 0.25) is 0 Å². The fourth-order valence-electron chi connectivity index (χ4n) is 2.28. The molecule has 92 valence electrons. The Bertz CT molecular complexity index is 247. The molecule has 0 aromatic heterocycles. The molecule has 2 aliphatic carbocycles. The molecule has 0 aromatic rings. The number of methoxy groups -OCH3 is 1. The highest BCUT2D eigenvalue weighted by molar-refractivity contribution is 5.78. The van der Waals surface area contributed by atoms with Crippen molar-refractivity contribution in [2.24, 2.45) is 0 Å². The van der Waals surface area contributed by atoms with Crippen LogP contribution in [0.25, 0.3) is 0 Å². The molecule has 0 aliphatic heterocycles. The summed E-state index contributed by atoms with van der Waals surface area (Å²) in [6.07, 6.45) is 4.86. The van der Waals surface area contributed by atoms with Crippen molar-refractivity contribution in [1.29, 1.82) is 0 Å². The zero-order valence-electron chi connectivity index (χ0n) is 10.2. The van der Waals surface area contributed by atoms with Crippen LogP contribution in [0.5, 0.6) is 0 Å². The van der Waals surface area contributed by atoms with Crippen LogP contribution in [0.15, 0.2) is 0 Å². The molecule has 0 bridgehead atoms. The molecule has 16 heavy (non-hydrogen) atoms. The van der Waals surface area contributed by atoms with Gasteiger partial charge < -0.3 is 15.0 Å². The van der Waals surface area contributed by atoms with Gasteiger partial charge in [0.15, 0.2) is 0 Å². The quantitative estimate of drug-likeness (QED) is 0.727. The van der Waals surface area contributed by atoms with Gasteiger partial charge in [-0.15, -0.1) is 0 Å². The topological polar surface area (TPSA) is 41.6 Å². The van der Waals surface area contributed by atoms with Crippen LogP contribution in [-0.2, 0) is 9.53 Å². The summed E-state index contributed by atoms with van der Waals surface area (Å²) in [5, 5.41) is 3.31. The lowest BCUT2D eigenvalue weighted by Crippen LogP contribution is -2.49. The molecule has 0 saturated heterocycles. The van der Waals surface area contributed by atoms with Gasteiger partial charge in [0.1, 0.15) is 0 Å².